The Hall–Kier alpha value is -2.33. The molecule has 30 heavy (non-hydrogen) atoms. The summed E-state index contributed by atoms with van der Waals surface area (Å²) in [5, 5.41) is 6.48. The summed E-state index contributed by atoms with van der Waals surface area (Å²) in [7, 11) is 1.74. The van der Waals surface area contributed by atoms with Gasteiger partial charge in [-0.05, 0) is 70.9 Å². The fourth-order valence-corrected chi connectivity index (χ4v) is 4.43. The third-order valence-electron chi connectivity index (χ3n) is 5.94. The van der Waals surface area contributed by atoms with Crippen LogP contribution in [0, 0.1) is 13.8 Å². The van der Waals surface area contributed by atoms with E-state index in [9.17, 15) is 4.79 Å². The molecule has 4 N–H and O–H groups in total. The molecule has 1 aromatic rings. The predicted octanol–water partition coefficient (Wildman–Crippen LogP) is 1.17. The molecule has 9 nitrogen and oxygen atoms in total. The van der Waals surface area contributed by atoms with Gasteiger partial charge in [0.2, 0.25) is 17.8 Å². The van der Waals surface area contributed by atoms with Gasteiger partial charge in [-0.15, -0.1) is 0 Å². The molecule has 164 valence electrons. The number of guanidine groups is 1. The topological polar surface area (TPSA) is 112 Å². The van der Waals surface area contributed by atoms with Crippen molar-refractivity contribution in [2.45, 2.75) is 51.5 Å². The molecule has 0 saturated carbocycles. The summed E-state index contributed by atoms with van der Waals surface area (Å²) < 4.78 is 0. The third-order valence-corrected chi connectivity index (χ3v) is 6.23. The normalized spacial score (nSPS) is 20.0. The monoisotopic (exact) mass is 432 g/mol. The molecule has 2 aliphatic rings. The van der Waals surface area contributed by atoms with E-state index in [0.29, 0.717) is 43.0 Å². The molecule has 0 aliphatic carbocycles. The number of nitrogens with zero attached hydrogens (tertiary/aromatic N) is 5. The summed E-state index contributed by atoms with van der Waals surface area (Å²) >= 11 is 5.27. The first-order valence-electron chi connectivity index (χ1n) is 10.5. The van der Waals surface area contributed by atoms with Crippen molar-refractivity contribution in [1.29, 1.82) is 0 Å². The molecule has 1 aromatic heterocycles. The third kappa shape index (κ3) is 5.04. The van der Waals surface area contributed by atoms with Crippen LogP contribution >= 0.6 is 12.2 Å². The number of aryl methyl sites for hydroxylation is 2. The predicted molar refractivity (Wildman–Crippen MR) is 122 cm³/mol. The lowest BCUT2D eigenvalue weighted by Crippen LogP contribution is -2.64. The number of piperidine rings is 2. The average Bonchev–Trinajstić information content (AvgIpc) is 2.73. The SMILES string of the molecule is CNC(=S)/N=C(/Nc1nc(C)cc(C)n1)N1CCC(C(N)=O)(N2CCCCC2)CC1. The van der Waals surface area contributed by atoms with Crippen LogP contribution < -0.4 is 16.4 Å². The van der Waals surface area contributed by atoms with Gasteiger partial charge in [0.05, 0.1) is 0 Å². The van der Waals surface area contributed by atoms with Gasteiger partial charge in [-0.2, -0.15) is 4.99 Å². The highest BCUT2D eigenvalue weighted by atomic mass is 32.1. The lowest BCUT2D eigenvalue weighted by atomic mass is 9.83. The molecule has 0 radical (unpaired) electrons. The minimum Gasteiger partial charge on any atom is -0.368 e. The van der Waals surface area contributed by atoms with Crippen LogP contribution in [-0.2, 0) is 4.79 Å². The number of rotatable bonds is 3. The number of hydrogen-bond acceptors (Lipinski definition) is 5. The van der Waals surface area contributed by atoms with Gasteiger partial charge < -0.3 is 16.0 Å². The Balaban J connectivity index is 1.79. The minimum atomic E-state index is -0.581. The van der Waals surface area contributed by atoms with Crippen molar-refractivity contribution in [2.75, 3.05) is 38.5 Å². The van der Waals surface area contributed by atoms with E-state index in [1.54, 1.807) is 7.05 Å². The van der Waals surface area contributed by atoms with Crippen LogP contribution in [0.1, 0.15) is 43.5 Å². The molecule has 2 saturated heterocycles. The summed E-state index contributed by atoms with van der Waals surface area (Å²) in [6, 6.07) is 1.92. The maximum absolute atomic E-state index is 12.5. The summed E-state index contributed by atoms with van der Waals surface area (Å²) in [6.45, 7) is 7.00. The van der Waals surface area contributed by atoms with Crippen molar-refractivity contribution in [3.05, 3.63) is 17.5 Å². The second-order valence-electron chi connectivity index (χ2n) is 8.02. The van der Waals surface area contributed by atoms with Gasteiger partial charge in [0, 0.05) is 31.5 Å². The molecule has 0 atom stereocenters. The van der Waals surface area contributed by atoms with Crippen molar-refractivity contribution in [1.82, 2.24) is 25.1 Å². The van der Waals surface area contributed by atoms with Gasteiger partial charge in [0.15, 0.2) is 5.11 Å². The summed E-state index contributed by atoms with van der Waals surface area (Å²) in [5.74, 6) is 0.836. The van der Waals surface area contributed by atoms with Crippen molar-refractivity contribution in [3.8, 4) is 0 Å². The molecule has 0 bridgehead atoms. The lowest BCUT2D eigenvalue weighted by molar-refractivity contribution is -0.134. The molecule has 0 unspecified atom stereocenters. The first-order chi connectivity index (χ1) is 14.3. The number of carbonyl (C=O) groups is 1. The van der Waals surface area contributed by atoms with E-state index in [-0.39, 0.29) is 5.91 Å². The van der Waals surface area contributed by atoms with Crippen LogP contribution in [0.4, 0.5) is 5.95 Å². The van der Waals surface area contributed by atoms with Crippen LogP contribution in [0.5, 0.6) is 0 Å². The summed E-state index contributed by atoms with van der Waals surface area (Å²) in [5.41, 5.74) is 7.08. The van der Waals surface area contributed by atoms with E-state index in [1.165, 1.54) is 6.42 Å². The van der Waals surface area contributed by atoms with Crippen molar-refractivity contribution >= 4 is 35.1 Å². The van der Waals surface area contributed by atoms with E-state index in [4.69, 9.17) is 18.0 Å². The largest absolute Gasteiger partial charge is 0.368 e. The number of hydrogen-bond donors (Lipinski definition) is 3. The number of aliphatic imine (C=N–C) groups is 1. The van der Waals surface area contributed by atoms with Gasteiger partial charge in [-0.1, -0.05) is 6.42 Å². The maximum atomic E-state index is 12.5. The van der Waals surface area contributed by atoms with Crippen molar-refractivity contribution in [2.24, 2.45) is 10.7 Å². The number of amides is 1. The smallest absolute Gasteiger partial charge is 0.238 e. The fourth-order valence-electron chi connectivity index (χ4n) is 4.34. The number of primary amides is 1. The Kier molecular flexibility index (Phi) is 7.19. The molecule has 1 amide bonds. The van der Waals surface area contributed by atoms with Crippen molar-refractivity contribution in [3.63, 3.8) is 0 Å². The number of nitrogens with two attached hydrogens (primary N) is 1. The van der Waals surface area contributed by atoms with Crippen LogP contribution in [-0.4, -0.2) is 75.5 Å². The zero-order valence-electron chi connectivity index (χ0n) is 18.1. The second kappa shape index (κ2) is 9.65. The van der Waals surface area contributed by atoms with Gasteiger partial charge in [0.25, 0.3) is 0 Å². The molecular formula is C20H32N8OS. The van der Waals surface area contributed by atoms with E-state index in [2.05, 4.69) is 35.4 Å². The van der Waals surface area contributed by atoms with E-state index >= 15 is 0 Å². The molecular weight excluding hydrogens is 400 g/mol. The molecule has 10 heteroatoms. The van der Waals surface area contributed by atoms with Gasteiger partial charge in [0.1, 0.15) is 5.54 Å². The second-order valence-corrected chi connectivity index (χ2v) is 8.41. The standard InChI is InChI=1S/C20H32N8OS/c1-14-13-15(2)24-17(23-14)25-18(26-19(30)22-3)27-11-7-20(8-12-27,16(21)29)28-9-5-4-6-10-28/h13H,4-12H2,1-3H3,(H2,21,29)(H2,22,23,24,25,26,30). The highest BCUT2D eigenvalue weighted by Gasteiger charge is 2.45. The maximum Gasteiger partial charge on any atom is 0.238 e. The Morgan fingerprint density at radius 2 is 1.73 bits per heavy atom. The molecule has 3 rings (SSSR count). The Labute approximate surface area is 183 Å². The quantitative estimate of drug-likeness (QED) is 0.371. The minimum absolute atomic E-state index is 0.223. The van der Waals surface area contributed by atoms with Crippen LogP contribution in [0.15, 0.2) is 11.1 Å². The van der Waals surface area contributed by atoms with Crippen LogP contribution in [0.25, 0.3) is 0 Å². The summed E-state index contributed by atoms with van der Waals surface area (Å²) in [6.07, 6.45) is 4.77. The Morgan fingerprint density at radius 1 is 1.13 bits per heavy atom. The van der Waals surface area contributed by atoms with E-state index < -0.39 is 5.54 Å². The molecule has 2 fully saturated rings. The number of aromatic nitrogens is 2. The molecule has 0 aromatic carbocycles. The number of anilines is 1. The van der Waals surface area contributed by atoms with Gasteiger partial charge >= 0.3 is 0 Å². The fraction of sp³-hybridized carbons (Fsp3) is 0.650. The van der Waals surface area contributed by atoms with Crippen molar-refractivity contribution < 1.29 is 4.79 Å². The molecule has 2 aliphatic heterocycles. The number of nitrogens with one attached hydrogen (secondary N) is 2. The average molecular weight is 433 g/mol. The molecule has 3 heterocycles. The number of carbonyl (C=O) groups excluding carboxylic acids is 1. The Bertz CT molecular complexity index is 793. The van der Waals surface area contributed by atoms with Gasteiger partial charge in [-0.25, -0.2) is 9.97 Å². The van der Waals surface area contributed by atoms with E-state index in [0.717, 1.165) is 37.3 Å². The van der Waals surface area contributed by atoms with E-state index in [1.807, 2.05) is 19.9 Å². The van der Waals surface area contributed by atoms with Crippen LogP contribution in [0.3, 0.4) is 0 Å². The highest BCUT2D eigenvalue weighted by Crippen LogP contribution is 2.31. The van der Waals surface area contributed by atoms with Gasteiger partial charge in [-0.3, -0.25) is 15.0 Å². The lowest BCUT2D eigenvalue weighted by Gasteiger charge is -2.48. The number of thiocarbonyl (C=S) groups is 1. The summed E-state index contributed by atoms with van der Waals surface area (Å²) in [4.78, 5) is 30.3. The number of likely N-dealkylation sites (tertiary alicyclic amines) is 2. The first-order valence-corrected chi connectivity index (χ1v) is 10.9. The first kappa shape index (κ1) is 22.4. The Morgan fingerprint density at radius 3 is 2.27 bits per heavy atom. The molecule has 0 spiro atoms. The zero-order chi connectivity index (χ0) is 21.7. The zero-order valence-corrected chi connectivity index (χ0v) is 18.9. The highest BCUT2D eigenvalue weighted by molar-refractivity contribution is 7.80. The van der Waals surface area contributed by atoms with Crippen LogP contribution in [0.2, 0.25) is 0 Å².